The molecule has 9 atom stereocenters. The highest BCUT2D eigenvalue weighted by molar-refractivity contribution is 6.42. The summed E-state index contributed by atoms with van der Waals surface area (Å²) in [7, 11) is 2.15. The molecule has 6 amide bonds. The number of likely N-dealkylation sites (tertiary alicyclic amines) is 1. The predicted octanol–water partition coefficient (Wildman–Crippen LogP) is 15.0. The van der Waals surface area contributed by atoms with Crippen LogP contribution in [0.25, 0.3) is 10.8 Å². The van der Waals surface area contributed by atoms with Crippen LogP contribution in [-0.4, -0.2) is 231 Å². The first-order valence-corrected chi connectivity index (χ1v) is 44.4. The lowest BCUT2D eigenvalue weighted by molar-refractivity contribution is -0.134. The second-order valence-corrected chi connectivity index (χ2v) is 35.1. The molecule has 7 aromatic rings. The van der Waals surface area contributed by atoms with Gasteiger partial charge in [-0.2, -0.15) is 0 Å². The number of carbonyl (C=O) groups is 6. The number of rotatable bonds is 31. The van der Waals surface area contributed by atoms with Crippen LogP contribution in [0.2, 0.25) is 20.1 Å². The Hall–Kier alpha value is -7.50. The highest BCUT2D eigenvalue weighted by Gasteiger charge is 2.37. The zero-order valence-electron chi connectivity index (χ0n) is 69.9. The highest BCUT2D eigenvalue weighted by atomic mass is 35.5. The number of piperidine rings is 1. The van der Waals surface area contributed by atoms with Gasteiger partial charge < -0.3 is 66.6 Å². The number of fused-ring (bicyclic) bond motifs is 1. The van der Waals surface area contributed by atoms with Gasteiger partial charge in [0.1, 0.15) is 0 Å². The molecule has 5 fully saturated rings. The van der Waals surface area contributed by atoms with Crippen LogP contribution in [0.4, 0.5) is 0 Å². The van der Waals surface area contributed by atoms with Gasteiger partial charge in [-0.05, 0) is 194 Å². The minimum atomic E-state index is -0.322. The summed E-state index contributed by atoms with van der Waals surface area (Å²) in [4.78, 5) is 93.6. The average molecular weight is 1680 g/mol. The first-order chi connectivity index (χ1) is 56.5. The van der Waals surface area contributed by atoms with Gasteiger partial charge in [-0.25, -0.2) is 0 Å². The largest absolute Gasteiger partial charge is 0.350 e. The summed E-state index contributed by atoms with van der Waals surface area (Å²) < 4.78 is 0. The Balaban J connectivity index is 0.000000185. The molecular formula is C94H127Cl4N13O6. The predicted molar refractivity (Wildman–Crippen MR) is 478 cm³/mol. The maximum atomic E-state index is 14.0. The molecule has 5 heterocycles. The Morgan fingerprint density at radius 1 is 0.427 bits per heavy atom. The third-order valence-electron chi connectivity index (χ3n) is 23.6. The molecular weight excluding hydrogens is 1550 g/mol. The number of likely N-dealkylation sites (N-methyl/N-ethyl adjacent to an activating group) is 1. The summed E-state index contributed by atoms with van der Waals surface area (Å²) in [5.74, 6) is 0.922. The van der Waals surface area contributed by atoms with Crippen LogP contribution in [0.5, 0.6) is 0 Å². The van der Waals surface area contributed by atoms with Crippen LogP contribution in [0, 0.1) is 0 Å². The van der Waals surface area contributed by atoms with Crippen molar-refractivity contribution in [1.82, 2.24) is 66.6 Å². The molecule has 0 aliphatic carbocycles. The summed E-state index contributed by atoms with van der Waals surface area (Å²) in [6.45, 7) is 27.4. The molecule has 23 heteroatoms. The first-order valence-electron chi connectivity index (χ1n) is 42.9. The lowest BCUT2D eigenvalue weighted by Crippen LogP contribution is -2.51. The van der Waals surface area contributed by atoms with E-state index in [0.29, 0.717) is 107 Å². The Bertz CT molecular complexity index is 4260. The monoisotopic (exact) mass is 1670 g/mol. The summed E-state index contributed by atoms with van der Waals surface area (Å²) >= 11 is 24.2. The zero-order chi connectivity index (χ0) is 83.2. The van der Waals surface area contributed by atoms with E-state index in [2.05, 4.69) is 190 Å². The van der Waals surface area contributed by atoms with Gasteiger partial charge in [-0.1, -0.05) is 201 Å². The highest BCUT2D eigenvalue weighted by Crippen LogP contribution is 2.30. The minimum absolute atomic E-state index is 0.0139. The van der Waals surface area contributed by atoms with E-state index < -0.39 is 0 Å². The van der Waals surface area contributed by atoms with Gasteiger partial charge in [-0.3, -0.25) is 28.8 Å². The van der Waals surface area contributed by atoms with Crippen LogP contribution in [0.3, 0.4) is 0 Å². The fourth-order valence-electron chi connectivity index (χ4n) is 16.5. The van der Waals surface area contributed by atoms with E-state index in [4.69, 9.17) is 46.4 Å². The van der Waals surface area contributed by atoms with Gasteiger partial charge in [0, 0.05) is 156 Å². The molecule has 632 valence electrons. The van der Waals surface area contributed by atoms with Gasteiger partial charge in [0.05, 0.1) is 38.2 Å². The molecule has 5 aliphatic heterocycles. The molecule has 5 saturated heterocycles. The van der Waals surface area contributed by atoms with E-state index >= 15 is 0 Å². The molecule has 0 saturated carbocycles. The Kier molecular flexibility index (Phi) is 36.8. The topological polar surface area (TPSA) is 206 Å². The molecule has 117 heavy (non-hydrogen) atoms. The Morgan fingerprint density at radius 2 is 0.803 bits per heavy atom. The normalized spacial score (nSPS) is 20.8. The second kappa shape index (κ2) is 46.9. The lowest BCUT2D eigenvalue weighted by atomic mass is 9.93. The number of piperazine rings is 1. The van der Waals surface area contributed by atoms with Crippen molar-refractivity contribution >= 4 is 92.6 Å². The average Bonchev–Trinajstić information content (AvgIpc) is 1.56. The van der Waals surface area contributed by atoms with E-state index in [1.54, 1.807) is 36.4 Å². The van der Waals surface area contributed by atoms with Crippen molar-refractivity contribution in [3.05, 3.63) is 223 Å². The smallest absolute Gasteiger partial charge is 0.251 e. The number of nitrogens with one attached hydrogen (secondary N) is 7. The quantitative estimate of drug-likeness (QED) is 0.0216. The number of halogens is 4. The molecule has 5 aliphatic rings. The van der Waals surface area contributed by atoms with Crippen molar-refractivity contribution in [2.45, 2.75) is 185 Å². The van der Waals surface area contributed by atoms with Gasteiger partial charge in [0.15, 0.2) is 0 Å². The van der Waals surface area contributed by atoms with Gasteiger partial charge in [0.25, 0.3) is 17.7 Å². The van der Waals surface area contributed by atoms with Crippen molar-refractivity contribution in [2.75, 3.05) is 125 Å². The second-order valence-electron chi connectivity index (χ2n) is 33.4. The van der Waals surface area contributed by atoms with E-state index in [9.17, 15) is 28.8 Å². The van der Waals surface area contributed by atoms with Crippen molar-refractivity contribution in [3.63, 3.8) is 0 Å². The van der Waals surface area contributed by atoms with Crippen LogP contribution in [-0.2, 0) is 14.4 Å². The first kappa shape index (κ1) is 91.8. The molecule has 7 N–H and O–H groups in total. The Labute approximate surface area is 716 Å². The van der Waals surface area contributed by atoms with Crippen LogP contribution < -0.4 is 37.2 Å². The number of hydrogen-bond acceptors (Lipinski definition) is 13. The maximum Gasteiger partial charge on any atom is 0.251 e. The van der Waals surface area contributed by atoms with Crippen LogP contribution in [0.1, 0.15) is 191 Å². The number of nitrogens with zero attached hydrogens (tertiary/aromatic N) is 6. The number of amides is 6. The third kappa shape index (κ3) is 28.9. The standard InChI is InChI=1S/C35H46N4O2.C30H41Cl2N5O2.C29H40Cl2N4O2/c1-2-11-31(27-12-5-3-6-13-27)26-39-23-18-32(37-33(35(39)41)19-22-38-20-9-4-10-21-38)25-36-34(40)30-17-16-28-14-7-8-15-29(28)24-30;1-3-22(23-7-5-4-6-8-23)21-37-14-11-25(20-33-29(38)24-9-10-26(31)27(32)19-24)34-28(30(37)39)12-13-36-17-15-35(2)16-18-36;1-5-20(21-9-7-6-8-10-21)19-35-16-14-23(34-26(28(35)37)13-15-33-29(2,3)4)18-32-27(36)22-11-12-24(30)25(31)17-22/h3,5-8,12-17,24,31-33,37H,2,4,9-11,18-23,25-26H2,1H3,(H,36,40);4-10,19,22,25,28,34H,3,11-18,20-21H2,1-2H3,(H,33,38);6-12,17,20,23,26,33-34H,5,13-16,18-19H2,1-4H3,(H,32,36)/t31-,32-,33-;22-,25+,28+;20-,23+,26+/m011/s1. The SMILES string of the molecule is CCC[C@@H](CN1CC[C@@H](CNC(=O)c2ccc3ccccc3c2)N[C@@H](CCN2CCCCC2)C1=O)c1ccccc1.CC[C@H](CN1CC[C@@H](CNC(=O)c2ccc(Cl)c(Cl)c2)N[C@@H](CCN2CCN(C)CC2)C1=O)c1ccccc1.CC[C@H](CN1CC[C@@H](CNC(=O)c2ccc(Cl)c(Cl)c2)N[C@@H](CCNC(C)(C)C)C1=O)c1ccccc1. The van der Waals surface area contributed by atoms with E-state index in [0.717, 1.165) is 134 Å². The van der Waals surface area contributed by atoms with Gasteiger partial charge in [-0.15, -0.1) is 0 Å². The molecule has 0 spiro atoms. The van der Waals surface area contributed by atoms with E-state index in [1.807, 2.05) is 58.3 Å². The fraction of sp³-hybridized carbons (Fsp3) is 0.511. The molecule has 0 radical (unpaired) electrons. The molecule has 7 aromatic carbocycles. The summed E-state index contributed by atoms with van der Waals surface area (Å²) in [6.07, 6.45) is 12.4. The summed E-state index contributed by atoms with van der Waals surface area (Å²) in [5.41, 5.74) is 5.40. The third-order valence-corrected chi connectivity index (χ3v) is 25.1. The zero-order valence-corrected chi connectivity index (χ0v) is 73.0. The lowest BCUT2D eigenvalue weighted by Gasteiger charge is -2.34. The number of carbonyl (C=O) groups excluding carboxylic acids is 6. The molecule has 0 unspecified atom stereocenters. The van der Waals surface area contributed by atoms with E-state index in [1.165, 1.54) is 36.0 Å². The minimum Gasteiger partial charge on any atom is -0.350 e. The van der Waals surface area contributed by atoms with Crippen LogP contribution in [0.15, 0.2) is 170 Å². The molecule has 0 bridgehead atoms. The summed E-state index contributed by atoms with van der Waals surface area (Å²) in [5, 5.41) is 27.3. The molecule has 12 rings (SSSR count). The molecule has 19 nitrogen and oxygen atoms in total. The molecule has 0 aromatic heterocycles. The fourth-order valence-corrected chi connectivity index (χ4v) is 17.1. The van der Waals surface area contributed by atoms with E-state index in [-0.39, 0.29) is 83.2 Å². The van der Waals surface area contributed by atoms with Crippen molar-refractivity contribution in [3.8, 4) is 0 Å². The van der Waals surface area contributed by atoms with Gasteiger partial charge >= 0.3 is 0 Å². The Morgan fingerprint density at radius 3 is 1.21 bits per heavy atom. The van der Waals surface area contributed by atoms with Crippen molar-refractivity contribution < 1.29 is 28.8 Å². The maximum absolute atomic E-state index is 14.0. The van der Waals surface area contributed by atoms with Gasteiger partial charge in [0.2, 0.25) is 17.7 Å². The van der Waals surface area contributed by atoms with Crippen LogP contribution >= 0.6 is 46.4 Å². The number of hydrogen-bond donors (Lipinski definition) is 7. The summed E-state index contributed by atoms with van der Waals surface area (Å²) in [6, 6.07) is 54.3. The van der Waals surface area contributed by atoms with Crippen molar-refractivity contribution in [1.29, 1.82) is 0 Å². The number of benzene rings is 7. The van der Waals surface area contributed by atoms with Crippen molar-refractivity contribution in [2.24, 2.45) is 0 Å².